The number of amides is 2. The van der Waals surface area contributed by atoms with Gasteiger partial charge in [0.1, 0.15) is 12.3 Å². The van der Waals surface area contributed by atoms with Gasteiger partial charge in [0.15, 0.2) is 0 Å². The van der Waals surface area contributed by atoms with Gasteiger partial charge in [-0.2, -0.15) is 0 Å². The van der Waals surface area contributed by atoms with Crippen molar-refractivity contribution in [2.24, 2.45) is 5.73 Å². The van der Waals surface area contributed by atoms with E-state index in [1.807, 2.05) is 31.2 Å². The maximum Gasteiger partial charge on any atom is 0.254 e. The molecule has 0 aliphatic heterocycles. The van der Waals surface area contributed by atoms with Crippen molar-refractivity contribution < 1.29 is 14.3 Å². The Morgan fingerprint density at radius 2 is 1.81 bits per heavy atom. The number of methoxy groups -OCH3 is 1. The number of hydrogen-bond donors (Lipinski definition) is 2. The molecule has 6 heteroatoms. The minimum absolute atomic E-state index is 0.0244. The van der Waals surface area contributed by atoms with E-state index in [9.17, 15) is 9.59 Å². The fraction of sp³-hybridized carbons (Fsp3) is 0.300. The van der Waals surface area contributed by atoms with Crippen LogP contribution in [0.25, 0.3) is 0 Å². The summed E-state index contributed by atoms with van der Waals surface area (Å²) in [6, 6.07) is 14.3. The van der Waals surface area contributed by atoms with Gasteiger partial charge in [-0.25, -0.2) is 0 Å². The minimum atomic E-state index is -0.269. The predicted molar refractivity (Wildman–Crippen MR) is 102 cm³/mol. The molecule has 0 saturated carbocycles. The lowest BCUT2D eigenvalue weighted by atomic mass is 10.1. The summed E-state index contributed by atoms with van der Waals surface area (Å²) >= 11 is 0. The lowest BCUT2D eigenvalue weighted by Crippen LogP contribution is -2.38. The molecular weight excluding hydrogens is 330 g/mol. The number of nitrogens with zero attached hydrogens (tertiary/aromatic N) is 1. The number of para-hydroxylation sites is 2. The van der Waals surface area contributed by atoms with Crippen molar-refractivity contribution in [2.45, 2.75) is 19.9 Å². The van der Waals surface area contributed by atoms with Gasteiger partial charge in [0.25, 0.3) is 5.91 Å². The highest BCUT2D eigenvalue weighted by Gasteiger charge is 2.19. The molecule has 2 aromatic rings. The maximum absolute atomic E-state index is 12.7. The Balaban J connectivity index is 2.08. The molecule has 0 unspecified atom stereocenters. The van der Waals surface area contributed by atoms with Crippen LogP contribution in [-0.4, -0.2) is 36.9 Å². The predicted octanol–water partition coefficient (Wildman–Crippen LogP) is 2.64. The van der Waals surface area contributed by atoms with Crippen LogP contribution < -0.4 is 15.8 Å². The number of nitrogens with two attached hydrogens (primary N) is 1. The molecule has 138 valence electrons. The maximum atomic E-state index is 12.7. The van der Waals surface area contributed by atoms with Crippen molar-refractivity contribution in [3.8, 4) is 5.75 Å². The molecule has 2 amide bonds. The molecule has 2 rings (SSSR count). The largest absolute Gasteiger partial charge is 0.495 e. The molecular formula is C20H25N3O3. The first-order chi connectivity index (χ1) is 12.6. The van der Waals surface area contributed by atoms with Gasteiger partial charge in [-0.3, -0.25) is 9.59 Å². The van der Waals surface area contributed by atoms with Crippen LogP contribution in [0.1, 0.15) is 29.3 Å². The summed E-state index contributed by atoms with van der Waals surface area (Å²) in [6.45, 7) is 2.87. The topological polar surface area (TPSA) is 84.7 Å². The first kappa shape index (κ1) is 19.5. The van der Waals surface area contributed by atoms with Crippen molar-refractivity contribution in [3.05, 3.63) is 59.7 Å². The molecule has 0 atom stereocenters. The van der Waals surface area contributed by atoms with Crippen molar-refractivity contribution in [1.29, 1.82) is 0 Å². The van der Waals surface area contributed by atoms with Gasteiger partial charge < -0.3 is 20.7 Å². The Hall–Kier alpha value is -2.86. The van der Waals surface area contributed by atoms with Crippen molar-refractivity contribution in [2.75, 3.05) is 25.5 Å². The summed E-state index contributed by atoms with van der Waals surface area (Å²) in [5.74, 6) is 0.132. The van der Waals surface area contributed by atoms with E-state index in [2.05, 4.69) is 5.32 Å². The van der Waals surface area contributed by atoms with E-state index in [0.29, 0.717) is 30.1 Å². The van der Waals surface area contributed by atoms with Crippen LogP contribution in [0.15, 0.2) is 48.5 Å². The van der Waals surface area contributed by atoms with E-state index >= 15 is 0 Å². The number of rotatable bonds is 8. The second-order valence-electron chi connectivity index (χ2n) is 5.88. The summed E-state index contributed by atoms with van der Waals surface area (Å²) in [5.41, 5.74) is 7.67. The van der Waals surface area contributed by atoms with Gasteiger partial charge in [-0.15, -0.1) is 0 Å². The molecule has 0 aliphatic carbocycles. The van der Waals surface area contributed by atoms with Crippen LogP contribution >= 0.6 is 0 Å². The highest BCUT2D eigenvalue weighted by molar-refractivity contribution is 5.99. The van der Waals surface area contributed by atoms with E-state index in [4.69, 9.17) is 10.5 Å². The average molecular weight is 355 g/mol. The second kappa shape index (κ2) is 9.58. The molecule has 0 heterocycles. The van der Waals surface area contributed by atoms with Gasteiger partial charge in [-0.1, -0.05) is 31.2 Å². The zero-order valence-electron chi connectivity index (χ0n) is 15.2. The van der Waals surface area contributed by atoms with E-state index in [0.717, 1.165) is 12.0 Å². The molecule has 0 saturated heterocycles. The molecule has 3 N–H and O–H groups in total. The Labute approximate surface area is 153 Å². The SMILES string of the molecule is CCCN(CC(=O)Nc1ccccc1OC)C(=O)c1ccc(CN)cc1. The van der Waals surface area contributed by atoms with E-state index in [1.165, 1.54) is 0 Å². The normalized spacial score (nSPS) is 10.3. The van der Waals surface area contributed by atoms with E-state index in [1.54, 1.807) is 36.3 Å². The summed E-state index contributed by atoms with van der Waals surface area (Å²) in [5, 5.41) is 2.80. The van der Waals surface area contributed by atoms with Crippen LogP contribution in [0.3, 0.4) is 0 Å². The summed E-state index contributed by atoms with van der Waals surface area (Å²) in [6.07, 6.45) is 0.758. The third kappa shape index (κ3) is 5.07. The number of nitrogens with one attached hydrogen (secondary N) is 1. The number of hydrogen-bond acceptors (Lipinski definition) is 4. The van der Waals surface area contributed by atoms with Crippen molar-refractivity contribution in [3.63, 3.8) is 0 Å². The van der Waals surface area contributed by atoms with E-state index < -0.39 is 0 Å². The average Bonchev–Trinajstić information content (AvgIpc) is 2.67. The molecule has 0 fully saturated rings. The fourth-order valence-electron chi connectivity index (χ4n) is 2.60. The van der Waals surface area contributed by atoms with Crippen LogP contribution in [0.5, 0.6) is 5.75 Å². The van der Waals surface area contributed by atoms with Crippen LogP contribution in [-0.2, 0) is 11.3 Å². The standard InChI is InChI=1S/C20H25N3O3/c1-3-12-23(20(25)16-10-8-15(13-21)9-11-16)14-19(24)22-17-6-4-5-7-18(17)26-2/h4-11H,3,12-14,21H2,1-2H3,(H,22,24). The monoisotopic (exact) mass is 355 g/mol. The number of carbonyl (C=O) groups is 2. The van der Waals surface area contributed by atoms with Gasteiger partial charge in [0.2, 0.25) is 5.91 Å². The highest BCUT2D eigenvalue weighted by atomic mass is 16.5. The number of anilines is 1. The zero-order chi connectivity index (χ0) is 18.9. The lowest BCUT2D eigenvalue weighted by molar-refractivity contribution is -0.116. The smallest absolute Gasteiger partial charge is 0.254 e. The lowest BCUT2D eigenvalue weighted by Gasteiger charge is -2.22. The molecule has 0 aromatic heterocycles. The third-order valence-electron chi connectivity index (χ3n) is 3.93. The molecule has 0 radical (unpaired) electrons. The Morgan fingerprint density at radius 1 is 1.12 bits per heavy atom. The Bertz CT molecular complexity index is 744. The van der Waals surface area contributed by atoms with Gasteiger partial charge in [-0.05, 0) is 36.2 Å². The minimum Gasteiger partial charge on any atom is -0.495 e. The van der Waals surface area contributed by atoms with Crippen molar-refractivity contribution in [1.82, 2.24) is 4.90 Å². The van der Waals surface area contributed by atoms with Gasteiger partial charge in [0, 0.05) is 18.7 Å². The van der Waals surface area contributed by atoms with Gasteiger partial charge in [0.05, 0.1) is 12.8 Å². The summed E-state index contributed by atoms with van der Waals surface area (Å²) in [4.78, 5) is 26.7. The van der Waals surface area contributed by atoms with Crippen LogP contribution in [0, 0.1) is 0 Å². The van der Waals surface area contributed by atoms with E-state index in [-0.39, 0.29) is 18.4 Å². The number of ether oxygens (including phenoxy) is 1. The first-order valence-electron chi connectivity index (χ1n) is 8.60. The fourth-order valence-corrected chi connectivity index (χ4v) is 2.60. The van der Waals surface area contributed by atoms with Gasteiger partial charge >= 0.3 is 0 Å². The second-order valence-corrected chi connectivity index (χ2v) is 5.88. The zero-order valence-corrected chi connectivity index (χ0v) is 15.2. The molecule has 6 nitrogen and oxygen atoms in total. The molecule has 0 spiro atoms. The summed E-state index contributed by atoms with van der Waals surface area (Å²) in [7, 11) is 1.54. The van der Waals surface area contributed by atoms with Crippen LogP contribution in [0.2, 0.25) is 0 Å². The Kier molecular flexibility index (Phi) is 7.17. The molecule has 26 heavy (non-hydrogen) atoms. The quantitative estimate of drug-likeness (QED) is 0.762. The van der Waals surface area contributed by atoms with Crippen LogP contribution in [0.4, 0.5) is 5.69 Å². The Morgan fingerprint density at radius 3 is 2.42 bits per heavy atom. The third-order valence-corrected chi connectivity index (χ3v) is 3.93. The highest BCUT2D eigenvalue weighted by Crippen LogP contribution is 2.23. The molecule has 2 aromatic carbocycles. The number of benzene rings is 2. The first-order valence-corrected chi connectivity index (χ1v) is 8.60. The molecule has 0 aliphatic rings. The number of carbonyl (C=O) groups excluding carboxylic acids is 2. The summed E-state index contributed by atoms with van der Waals surface area (Å²) < 4.78 is 5.23. The molecule has 0 bridgehead atoms. The van der Waals surface area contributed by atoms with Crippen molar-refractivity contribution >= 4 is 17.5 Å².